The molecule has 2 N–H and O–H groups in total. The lowest BCUT2D eigenvalue weighted by Crippen LogP contribution is -2.05. The van der Waals surface area contributed by atoms with Crippen LogP contribution in [-0.4, -0.2) is 15.3 Å². The normalized spacial score (nSPS) is 11.1. The number of rotatable bonds is 2. The highest BCUT2D eigenvalue weighted by Crippen LogP contribution is 2.06. The van der Waals surface area contributed by atoms with Crippen LogP contribution in [0.5, 0.6) is 0 Å². The van der Waals surface area contributed by atoms with Gasteiger partial charge in [-0.15, -0.1) is 0 Å². The first-order valence-electron chi connectivity index (χ1n) is 4.17. The molecule has 4 heteroatoms. The number of nitrogens with two attached hydrogens (primary N) is 1. The topological polar surface area (TPSA) is 60.4 Å². The molecular formula is C10H9N3O. The SMILES string of the molecule is NC(=O)C=Cc1cnc2ccccn12. The van der Waals surface area contributed by atoms with Crippen LogP contribution in [0, 0.1) is 0 Å². The summed E-state index contributed by atoms with van der Waals surface area (Å²) in [7, 11) is 0. The third-order valence-corrected chi connectivity index (χ3v) is 1.86. The van der Waals surface area contributed by atoms with Crippen molar-refractivity contribution in [3.8, 4) is 0 Å². The lowest BCUT2D eigenvalue weighted by atomic mass is 10.4. The van der Waals surface area contributed by atoms with E-state index in [1.807, 2.05) is 28.8 Å². The number of fused-ring (bicyclic) bond motifs is 1. The maximum Gasteiger partial charge on any atom is 0.241 e. The molecule has 2 aromatic heterocycles. The van der Waals surface area contributed by atoms with Gasteiger partial charge in [0.25, 0.3) is 0 Å². The Morgan fingerprint density at radius 1 is 1.50 bits per heavy atom. The number of aromatic nitrogens is 2. The molecule has 2 rings (SSSR count). The number of carbonyl (C=O) groups excluding carboxylic acids is 1. The van der Waals surface area contributed by atoms with E-state index in [9.17, 15) is 4.79 Å². The van der Waals surface area contributed by atoms with E-state index in [-0.39, 0.29) is 0 Å². The lowest BCUT2D eigenvalue weighted by Gasteiger charge is -1.93. The van der Waals surface area contributed by atoms with Crippen molar-refractivity contribution in [3.63, 3.8) is 0 Å². The second kappa shape index (κ2) is 3.33. The molecule has 0 aliphatic heterocycles. The van der Waals surface area contributed by atoms with Crippen molar-refractivity contribution in [1.82, 2.24) is 9.38 Å². The molecule has 70 valence electrons. The van der Waals surface area contributed by atoms with Crippen LogP contribution >= 0.6 is 0 Å². The molecular weight excluding hydrogens is 178 g/mol. The fourth-order valence-electron chi connectivity index (χ4n) is 1.24. The van der Waals surface area contributed by atoms with Crippen LogP contribution in [-0.2, 0) is 4.79 Å². The van der Waals surface area contributed by atoms with Crippen LogP contribution in [0.15, 0.2) is 36.7 Å². The number of hydrogen-bond acceptors (Lipinski definition) is 2. The van der Waals surface area contributed by atoms with Crippen molar-refractivity contribution in [3.05, 3.63) is 42.4 Å². The first-order chi connectivity index (χ1) is 6.77. The molecule has 0 atom stereocenters. The summed E-state index contributed by atoms with van der Waals surface area (Å²) in [6.45, 7) is 0. The van der Waals surface area contributed by atoms with E-state index in [4.69, 9.17) is 5.73 Å². The second-order valence-corrected chi connectivity index (χ2v) is 2.85. The lowest BCUT2D eigenvalue weighted by molar-refractivity contribution is -0.113. The Morgan fingerprint density at radius 2 is 2.36 bits per heavy atom. The maximum absolute atomic E-state index is 10.5. The van der Waals surface area contributed by atoms with E-state index in [0.29, 0.717) is 0 Å². The van der Waals surface area contributed by atoms with Crippen LogP contribution in [0.4, 0.5) is 0 Å². The van der Waals surface area contributed by atoms with Crippen LogP contribution in [0.25, 0.3) is 11.7 Å². The molecule has 0 aliphatic rings. The van der Waals surface area contributed by atoms with E-state index in [1.54, 1.807) is 12.3 Å². The molecule has 0 bridgehead atoms. The smallest absolute Gasteiger partial charge is 0.241 e. The number of primary amides is 1. The number of imidazole rings is 1. The van der Waals surface area contributed by atoms with Crippen molar-refractivity contribution in [2.45, 2.75) is 0 Å². The average Bonchev–Trinajstić information content (AvgIpc) is 2.58. The highest BCUT2D eigenvalue weighted by Gasteiger charge is 1.97. The summed E-state index contributed by atoms with van der Waals surface area (Å²) in [4.78, 5) is 14.7. The predicted octanol–water partition coefficient (Wildman–Crippen LogP) is 0.833. The molecule has 2 aromatic rings. The van der Waals surface area contributed by atoms with Crippen molar-refractivity contribution in [2.24, 2.45) is 5.73 Å². The van der Waals surface area contributed by atoms with Crippen molar-refractivity contribution in [2.75, 3.05) is 0 Å². The fraction of sp³-hybridized carbons (Fsp3) is 0. The molecule has 0 aliphatic carbocycles. The van der Waals surface area contributed by atoms with Gasteiger partial charge in [0, 0.05) is 12.3 Å². The van der Waals surface area contributed by atoms with E-state index < -0.39 is 5.91 Å². The minimum Gasteiger partial charge on any atom is -0.366 e. The number of amides is 1. The number of nitrogens with zero attached hydrogens (tertiary/aromatic N) is 2. The van der Waals surface area contributed by atoms with E-state index in [2.05, 4.69) is 4.98 Å². The second-order valence-electron chi connectivity index (χ2n) is 2.85. The third-order valence-electron chi connectivity index (χ3n) is 1.86. The Morgan fingerprint density at radius 3 is 3.14 bits per heavy atom. The first-order valence-corrected chi connectivity index (χ1v) is 4.17. The molecule has 2 heterocycles. The van der Waals surface area contributed by atoms with Gasteiger partial charge in [-0.1, -0.05) is 6.07 Å². The van der Waals surface area contributed by atoms with Gasteiger partial charge in [-0.25, -0.2) is 4.98 Å². The van der Waals surface area contributed by atoms with E-state index in [1.165, 1.54) is 6.08 Å². The van der Waals surface area contributed by atoms with Crippen LogP contribution in [0.2, 0.25) is 0 Å². The Kier molecular flexibility index (Phi) is 2.02. The zero-order chi connectivity index (χ0) is 9.97. The standard InChI is InChI=1S/C10H9N3O/c11-9(14)5-4-8-7-12-10-3-1-2-6-13(8)10/h1-7H,(H2,11,14). The summed E-state index contributed by atoms with van der Waals surface area (Å²) in [6.07, 6.45) is 6.52. The summed E-state index contributed by atoms with van der Waals surface area (Å²) in [5, 5.41) is 0. The Labute approximate surface area is 80.7 Å². The zero-order valence-corrected chi connectivity index (χ0v) is 7.42. The molecule has 0 saturated heterocycles. The zero-order valence-electron chi connectivity index (χ0n) is 7.42. The van der Waals surface area contributed by atoms with E-state index in [0.717, 1.165) is 11.3 Å². The van der Waals surface area contributed by atoms with Gasteiger partial charge >= 0.3 is 0 Å². The Hall–Kier alpha value is -2.10. The summed E-state index contributed by atoms with van der Waals surface area (Å²) in [5.74, 6) is -0.462. The molecule has 0 unspecified atom stereocenters. The van der Waals surface area contributed by atoms with Crippen molar-refractivity contribution in [1.29, 1.82) is 0 Å². The molecule has 1 amide bonds. The average molecular weight is 187 g/mol. The fourth-order valence-corrected chi connectivity index (χ4v) is 1.24. The maximum atomic E-state index is 10.5. The Bertz CT molecular complexity index is 499. The van der Waals surface area contributed by atoms with E-state index >= 15 is 0 Å². The van der Waals surface area contributed by atoms with Crippen LogP contribution in [0.1, 0.15) is 5.69 Å². The highest BCUT2D eigenvalue weighted by molar-refractivity contribution is 5.90. The summed E-state index contributed by atoms with van der Waals surface area (Å²) in [6, 6.07) is 5.70. The van der Waals surface area contributed by atoms with Crippen molar-refractivity contribution >= 4 is 17.6 Å². The van der Waals surface area contributed by atoms with Gasteiger partial charge in [-0.3, -0.25) is 4.79 Å². The van der Waals surface area contributed by atoms with Gasteiger partial charge in [-0.05, 0) is 18.2 Å². The van der Waals surface area contributed by atoms with Gasteiger partial charge < -0.3 is 10.1 Å². The molecule has 0 radical (unpaired) electrons. The van der Waals surface area contributed by atoms with Gasteiger partial charge in [-0.2, -0.15) is 0 Å². The van der Waals surface area contributed by atoms with Gasteiger partial charge in [0.15, 0.2) is 0 Å². The monoisotopic (exact) mass is 187 g/mol. The predicted molar refractivity (Wildman–Crippen MR) is 53.4 cm³/mol. The molecule has 0 spiro atoms. The Balaban J connectivity index is 2.48. The minimum absolute atomic E-state index is 0.462. The number of pyridine rings is 1. The summed E-state index contributed by atoms with van der Waals surface area (Å²) < 4.78 is 1.87. The quantitative estimate of drug-likeness (QED) is 0.708. The van der Waals surface area contributed by atoms with Crippen LogP contribution in [0.3, 0.4) is 0 Å². The molecule has 0 fully saturated rings. The number of hydrogen-bond donors (Lipinski definition) is 1. The number of carbonyl (C=O) groups is 1. The van der Waals surface area contributed by atoms with Gasteiger partial charge in [0.2, 0.25) is 5.91 Å². The van der Waals surface area contributed by atoms with Gasteiger partial charge in [0.1, 0.15) is 5.65 Å². The molecule has 0 saturated carbocycles. The largest absolute Gasteiger partial charge is 0.366 e. The van der Waals surface area contributed by atoms with Crippen LogP contribution < -0.4 is 5.73 Å². The summed E-state index contributed by atoms with van der Waals surface area (Å²) >= 11 is 0. The van der Waals surface area contributed by atoms with Crippen molar-refractivity contribution < 1.29 is 4.79 Å². The molecule has 14 heavy (non-hydrogen) atoms. The summed E-state index contributed by atoms with van der Waals surface area (Å²) in [5.41, 5.74) is 6.67. The first kappa shape index (κ1) is 8.50. The van der Waals surface area contributed by atoms with Gasteiger partial charge in [0.05, 0.1) is 11.9 Å². The highest BCUT2D eigenvalue weighted by atomic mass is 16.1. The minimum atomic E-state index is -0.462. The molecule has 0 aromatic carbocycles. The third kappa shape index (κ3) is 1.50. The molecule has 4 nitrogen and oxygen atoms in total.